The molecule has 2 nitrogen and oxygen atoms in total. The Hall–Kier alpha value is -1.02. The molecular weight excluding hydrogens is 186 g/mol. The molecular formula is C13H21NO. The smallest absolute Gasteiger partial charge is 0.123 e. The Kier molecular flexibility index (Phi) is 4.15. The zero-order chi connectivity index (χ0) is 11.3. The van der Waals surface area contributed by atoms with Crippen molar-refractivity contribution in [1.82, 2.24) is 5.32 Å². The molecule has 0 atom stereocenters. The number of benzene rings is 1. The number of hydrogen-bond donors (Lipinski definition) is 1. The Morgan fingerprint density at radius 2 is 1.80 bits per heavy atom. The van der Waals surface area contributed by atoms with Crippen molar-refractivity contribution in [3.63, 3.8) is 0 Å². The molecule has 0 aliphatic carbocycles. The molecule has 1 aromatic rings. The lowest BCUT2D eigenvalue weighted by atomic mass is 9.84. The average Bonchev–Trinajstić information content (AvgIpc) is 2.33. The van der Waals surface area contributed by atoms with Crippen LogP contribution in [0.5, 0.6) is 5.75 Å². The Bertz CT molecular complexity index is 297. The summed E-state index contributed by atoms with van der Waals surface area (Å²) in [6.45, 7) is 4.40. The van der Waals surface area contributed by atoms with Crippen molar-refractivity contribution in [3.8, 4) is 5.75 Å². The van der Waals surface area contributed by atoms with Crippen LogP contribution in [0.25, 0.3) is 0 Å². The van der Waals surface area contributed by atoms with E-state index in [1.54, 1.807) is 7.11 Å². The molecule has 0 bridgehead atoms. The van der Waals surface area contributed by atoms with E-state index >= 15 is 0 Å². The van der Waals surface area contributed by atoms with Gasteiger partial charge in [-0.25, -0.2) is 0 Å². The number of para-hydroxylation sites is 1. The van der Waals surface area contributed by atoms with Crippen LogP contribution >= 0.6 is 0 Å². The standard InChI is InChI=1S/C13H21NO/c1-5-13(6-2,14-3)11-9-7-8-10-12(11)15-4/h7-10,14H,5-6H2,1-4H3. The summed E-state index contributed by atoms with van der Waals surface area (Å²) in [5.74, 6) is 0.968. The summed E-state index contributed by atoms with van der Waals surface area (Å²) in [5, 5.41) is 3.43. The fourth-order valence-electron chi connectivity index (χ4n) is 2.16. The lowest BCUT2D eigenvalue weighted by Gasteiger charge is -2.33. The molecule has 0 heterocycles. The molecule has 84 valence electrons. The fourth-order valence-corrected chi connectivity index (χ4v) is 2.16. The maximum absolute atomic E-state index is 5.42. The van der Waals surface area contributed by atoms with E-state index in [2.05, 4.69) is 31.3 Å². The van der Waals surface area contributed by atoms with E-state index in [0.29, 0.717) is 0 Å². The molecule has 0 aliphatic heterocycles. The first-order valence-corrected chi connectivity index (χ1v) is 5.56. The van der Waals surface area contributed by atoms with Crippen LogP contribution in [0.2, 0.25) is 0 Å². The summed E-state index contributed by atoms with van der Waals surface area (Å²) in [6, 6.07) is 8.23. The fraction of sp³-hybridized carbons (Fsp3) is 0.538. The third-order valence-corrected chi connectivity index (χ3v) is 3.31. The van der Waals surface area contributed by atoms with Gasteiger partial charge in [0.1, 0.15) is 5.75 Å². The predicted octanol–water partition coefficient (Wildman–Crippen LogP) is 2.93. The van der Waals surface area contributed by atoms with Gasteiger partial charge in [-0.1, -0.05) is 32.0 Å². The second-order valence-electron chi connectivity index (χ2n) is 3.74. The summed E-state index contributed by atoms with van der Waals surface area (Å²) in [5.41, 5.74) is 1.28. The summed E-state index contributed by atoms with van der Waals surface area (Å²) in [4.78, 5) is 0. The normalized spacial score (nSPS) is 11.5. The van der Waals surface area contributed by atoms with Crippen LogP contribution in [-0.4, -0.2) is 14.2 Å². The van der Waals surface area contributed by atoms with Gasteiger partial charge in [0, 0.05) is 11.1 Å². The van der Waals surface area contributed by atoms with Crippen molar-refractivity contribution < 1.29 is 4.74 Å². The molecule has 2 heteroatoms. The molecule has 0 saturated heterocycles. The molecule has 0 fully saturated rings. The van der Waals surface area contributed by atoms with Gasteiger partial charge in [0.15, 0.2) is 0 Å². The maximum atomic E-state index is 5.42. The van der Waals surface area contributed by atoms with Gasteiger partial charge in [-0.05, 0) is 26.0 Å². The summed E-state index contributed by atoms with van der Waals surface area (Å²) < 4.78 is 5.42. The molecule has 0 unspecified atom stereocenters. The van der Waals surface area contributed by atoms with E-state index in [1.165, 1.54) is 5.56 Å². The van der Waals surface area contributed by atoms with Crippen molar-refractivity contribution in [3.05, 3.63) is 29.8 Å². The van der Waals surface area contributed by atoms with Crippen molar-refractivity contribution in [2.75, 3.05) is 14.2 Å². The van der Waals surface area contributed by atoms with E-state index in [1.807, 2.05) is 19.2 Å². The lowest BCUT2D eigenvalue weighted by molar-refractivity contribution is 0.313. The van der Waals surface area contributed by atoms with Gasteiger partial charge in [0.2, 0.25) is 0 Å². The number of hydrogen-bond acceptors (Lipinski definition) is 2. The van der Waals surface area contributed by atoms with Crippen LogP contribution in [0, 0.1) is 0 Å². The molecule has 0 spiro atoms. The molecule has 0 saturated carbocycles. The Morgan fingerprint density at radius 1 is 1.20 bits per heavy atom. The molecule has 0 radical (unpaired) electrons. The van der Waals surface area contributed by atoms with E-state index in [0.717, 1.165) is 18.6 Å². The first kappa shape index (κ1) is 12.1. The minimum atomic E-state index is 0.0343. The highest BCUT2D eigenvalue weighted by molar-refractivity contribution is 5.39. The second kappa shape index (κ2) is 5.17. The summed E-state index contributed by atoms with van der Waals surface area (Å²) in [7, 11) is 3.74. The topological polar surface area (TPSA) is 21.3 Å². The van der Waals surface area contributed by atoms with Crippen molar-refractivity contribution in [2.24, 2.45) is 0 Å². The van der Waals surface area contributed by atoms with Gasteiger partial charge in [-0.15, -0.1) is 0 Å². The third-order valence-electron chi connectivity index (χ3n) is 3.31. The molecule has 0 aromatic heterocycles. The first-order chi connectivity index (χ1) is 7.24. The van der Waals surface area contributed by atoms with Gasteiger partial charge in [-0.2, -0.15) is 0 Å². The minimum Gasteiger partial charge on any atom is -0.496 e. The molecule has 15 heavy (non-hydrogen) atoms. The minimum absolute atomic E-state index is 0.0343. The van der Waals surface area contributed by atoms with Crippen LogP contribution in [-0.2, 0) is 5.54 Å². The second-order valence-corrected chi connectivity index (χ2v) is 3.74. The van der Waals surface area contributed by atoms with E-state index in [9.17, 15) is 0 Å². The highest BCUT2D eigenvalue weighted by Crippen LogP contribution is 2.34. The predicted molar refractivity (Wildman–Crippen MR) is 64.3 cm³/mol. The highest BCUT2D eigenvalue weighted by Gasteiger charge is 2.28. The third kappa shape index (κ3) is 2.15. The Labute approximate surface area is 92.6 Å². The Morgan fingerprint density at radius 3 is 2.27 bits per heavy atom. The largest absolute Gasteiger partial charge is 0.496 e. The Balaban J connectivity index is 3.21. The van der Waals surface area contributed by atoms with Gasteiger partial charge < -0.3 is 10.1 Å². The van der Waals surface area contributed by atoms with Crippen LogP contribution < -0.4 is 10.1 Å². The van der Waals surface area contributed by atoms with Crippen molar-refractivity contribution in [2.45, 2.75) is 32.2 Å². The van der Waals surface area contributed by atoms with Gasteiger partial charge in [-0.3, -0.25) is 0 Å². The zero-order valence-corrected chi connectivity index (χ0v) is 10.1. The van der Waals surface area contributed by atoms with Crippen LogP contribution in [0.3, 0.4) is 0 Å². The molecule has 1 rings (SSSR count). The van der Waals surface area contributed by atoms with Crippen molar-refractivity contribution in [1.29, 1.82) is 0 Å². The highest BCUT2D eigenvalue weighted by atomic mass is 16.5. The first-order valence-electron chi connectivity index (χ1n) is 5.56. The quantitative estimate of drug-likeness (QED) is 0.801. The van der Waals surface area contributed by atoms with Crippen molar-refractivity contribution >= 4 is 0 Å². The van der Waals surface area contributed by atoms with E-state index in [-0.39, 0.29) is 5.54 Å². The average molecular weight is 207 g/mol. The van der Waals surface area contributed by atoms with Crippen LogP contribution in [0.4, 0.5) is 0 Å². The van der Waals surface area contributed by atoms with E-state index in [4.69, 9.17) is 4.74 Å². The van der Waals surface area contributed by atoms with E-state index < -0.39 is 0 Å². The number of methoxy groups -OCH3 is 1. The van der Waals surface area contributed by atoms with Crippen LogP contribution in [0.15, 0.2) is 24.3 Å². The molecule has 0 amide bonds. The van der Waals surface area contributed by atoms with Gasteiger partial charge in [0.05, 0.1) is 7.11 Å². The molecule has 0 aliphatic rings. The zero-order valence-electron chi connectivity index (χ0n) is 10.1. The van der Waals surface area contributed by atoms with Crippen LogP contribution in [0.1, 0.15) is 32.3 Å². The number of ether oxygens (including phenoxy) is 1. The lowest BCUT2D eigenvalue weighted by Crippen LogP contribution is -2.39. The maximum Gasteiger partial charge on any atom is 0.123 e. The number of rotatable bonds is 5. The summed E-state index contributed by atoms with van der Waals surface area (Å²) >= 11 is 0. The number of nitrogens with one attached hydrogen (secondary N) is 1. The SMILES string of the molecule is CCC(CC)(NC)c1ccccc1OC. The van der Waals surface area contributed by atoms with Gasteiger partial charge >= 0.3 is 0 Å². The molecule has 1 N–H and O–H groups in total. The molecule has 1 aromatic carbocycles. The summed E-state index contributed by atoms with van der Waals surface area (Å²) in [6.07, 6.45) is 2.11. The van der Waals surface area contributed by atoms with Gasteiger partial charge in [0.25, 0.3) is 0 Å². The monoisotopic (exact) mass is 207 g/mol.